The highest BCUT2D eigenvalue weighted by Gasteiger charge is 2.02. The minimum atomic E-state index is -0.144. The van der Waals surface area contributed by atoms with E-state index in [0.717, 1.165) is 19.1 Å². The van der Waals surface area contributed by atoms with Crippen LogP contribution in [-0.4, -0.2) is 78.3 Å². The molecule has 0 bridgehead atoms. The lowest BCUT2D eigenvalue weighted by Crippen LogP contribution is -2.15. The fourth-order valence-electron chi connectivity index (χ4n) is 2.96. The molecular weight excluding hydrogens is 440 g/mol. The predicted molar refractivity (Wildman–Crippen MR) is 130 cm³/mol. The van der Waals surface area contributed by atoms with Gasteiger partial charge in [-0.15, -0.1) is 0 Å². The highest BCUT2D eigenvalue weighted by atomic mass is 16.6. The van der Waals surface area contributed by atoms with E-state index in [1.165, 1.54) is 25.7 Å². The summed E-state index contributed by atoms with van der Waals surface area (Å²) in [6, 6.07) is 6.93. The maximum atomic E-state index is 11.6. The summed E-state index contributed by atoms with van der Waals surface area (Å²) in [4.78, 5) is 22.2. The van der Waals surface area contributed by atoms with Gasteiger partial charge in [-0.3, -0.25) is 9.59 Å². The molecule has 8 nitrogen and oxygen atoms in total. The minimum absolute atomic E-state index is 0.144. The number of aldehydes is 1. The first-order valence-electron chi connectivity index (χ1n) is 12.4. The third-order valence-electron chi connectivity index (χ3n) is 4.85. The van der Waals surface area contributed by atoms with Crippen LogP contribution in [-0.2, 0) is 28.5 Å². The van der Waals surface area contributed by atoms with Crippen molar-refractivity contribution >= 4 is 12.3 Å². The Balaban J connectivity index is 1.74. The summed E-state index contributed by atoms with van der Waals surface area (Å²) < 4.78 is 32.4. The van der Waals surface area contributed by atoms with E-state index in [2.05, 4.69) is 6.92 Å². The Bertz CT molecular complexity index is 605. The van der Waals surface area contributed by atoms with Gasteiger partial charge in [0.05, 0.1) is 52.9 Å². The van der Waals surface area contributed by atoms with Crippen molar-refractivity contribution in [2.45, 2.75) is 51.9 Å². The van der Waals surface area contributed by atoms with Gasteiger partial charge < -0.3 is 28.4 Å². The molecule has 194 valence electrons. The number of unbranched alkanes of at least 4 members (excludes halogenated alkanes) is 5. The third kappa shape index (κ3) is 18.4. The van der Waals surface area contributed by atoms with Crippen molar-refractivity contribution in [3.8, 4) is 5.75 Å². The average molecular weight is 483 g/mol. The topological polar surface area (TPSA) is 89.5 Å². The van der Waals surface area contributed by atoms with Crippen molar-refractivity contribution in [3.05, 3.63) is 29.8 Å². The van der Waals surface area contributed by atoms with Crippen LogP contribution in [0.2, 0.25) is 0 Å². The molecule has 0 aliphatic carbocycles. The van der Waals surface area contributed by atoms with Gasteiger partial charge in [0.25, 0.3) is 0 Å². The monoisotopic (exact) mass is 482 g/mol. The molecule has 0 heterocycles. The van der Waals surface area contributed by atoms with E-state index in [9.17, 15) is 9.59 Å². The van der Waals surface area contributed by atoms with Gasteiger partial charge in [-0.1, -0.05) is 39.0 Å². The van der Waals surface area contributed by atoms with Crippen LogP contribution in [0.1, 0.15) is 62.2 Å². The van der Waals surface area contributed by atoms with Gasteiger partial charge in [-0.05, 0) is 30.7 Å². The standard InChI is InChI=1S/C26H42O8/c1-2-3-4-5-6-7-8-26(28)34-22-20-32-18-16-30-14-13-29-15-17-31-19-21-33-25-11-9-24(23-27)10-12-25/h9-12,23H,2-8,13-22H2,1H3. The maximum Gasteiger partial charge on any atom is 0.305 e. The fourth-order valence-corrected chi connectivity index (χ4v) is 2.96. The lowest BCUT2D eigenvalue weighted by molar-refractivity contribution is -0.145. The second kappa shape index (κ2) is 22.8. The summed E-state index contributed by atoms with van der Waals surface area (Å²) in [5, 5.41) is 0. The number of hydrogen-bond acceptors (Lipinski definition) is 8. The number of ether oxygens (including phenoxy) is 6. The minimum Gasteiger partial charge on any atom is -0.491 e. The van der Waals surface area contributed by atoms with E-state index in [0.29, 0.717) is 77.2 Å². The van der Waals surface area contributed by atoms with E-state index in [1.54, 1.807) is 24.3 Å². The van der Waals surface area contributed by atoms with Gasteiger partial charge in [0.15, 0.2) is 0 Å². The van der Waals surface area contributed by atoms with Gasteiger partial charge >= 0.3 is 5.97 Å². The Hall–Kier alpha value is -2.00. The van der Waals surface area contributed by atoms with Gasteiger partial charge in [-0.25, -0.2) is 0 Å². The lowest BCUT2D eigenvalue weighted by Gasteiger charge is -2.09. The molecule has 0 radical (unpaired) electrons. The first-order valence-corrected chi connectivity index (χ1v) is 12.4. The molecule has 0 aliphatic rings. The second-order valence-electron chi connectivity index (χ2n) is 7.72. The van der Waals surface area contributed by atoms with Crippen molar-refractivity contribution in [2.24, 2.45) is 0 Å². The summed E-state index contributed by atoms with van der Waals surface area (Å²) in [5.74, 6) is 0.561. The van der Waals surface area contributed by atoms with E-state index in [-0.39, 0.29) is 12.6 Å². The van der Waals surface area contributed by atoms with E-state index in [1.807, 2.05) is 0 Å². The fraction of sp³-hybridized carbons (Fsp3) is 0.692. The molecule has 0 aliphatic heterocycles. The Morgan fingerprint density at radius 1 is 0.676 bits per heavy atom. The largest absolute Gasteiger partial charge is 0.491 e. The molecular formula is C26H42O8. The van der Waals surface area contributed by atoms with Gasteiger partial charge in [0.2, 0.25) is 0 Å². The normalized spacial score (nSPS) is 10.9. The molecule has 0 amide bonds. The van der Waals surface area contributed by atoms with Crippen LogP contribution < -0.4 is 4.74 Å². The molecule has 1 rings (SSSR count). The van der Waals surface area contributed by atoms with Crippen LogP contribution in [0, 0.1) is 0 Å². The molecule has 34 heavy (non-hydrogen) atoms. The summed E-state index contributed by atoms with van der Waals surface area (Å²) in [6.07, 6.45) is 8.23. The summed E-state index contributed by atoms with van der Waals surface area (Å²) in [6.45, 7) is 6.61. The average Bonchev–Trinajstić information content (AvgIpc) is 2.86. The molecule has 0 saturated carbocycles. The van der Waals surface area contributed by atoms with E-state index in [4.69, 9.17) is 28.4 Å². The Kier molecular flexibility index (Phi) is 20.1. The van der Waals surface area contributed by atoms with E-state index < -0.39 is 0 Å². The molecule has 1 aromatic rings. The van der Waals surface area contributed by atoms with Crippen LogP contribution in [0.4, 0.5) is 0 Å². The number of benzene rings is 1. The molecule has 8 heteroatoms. The Morgan fingerprint density at radius 2 is 1.18 bits per heavy atom. The summed E-state index contributed by atoms with van der Waals surface area (Å²) in [5.41, 5.74) is 0.619. The quantitative estimate of drug-likeness (QED) is 0.123. The zero-order valence-corrected chi connectivity index (χ0v) is 20.7. The van der Waals surface area contributed by atoms with Crippen LogP contribution in [0.15, 0.2) is 24.3 Å². The van der Waals surface area contributed by atoms with Crippen LogP contribution in [0.25, 0.3) is 0 Å². The zero-order chi connectivity index (χ0) is 24.5. The third-order valence-corrected chi connectivity index (χ3v) is 4.85. The van der Waals surface area contributed by atoms with Gasteiger partial charge in [0.1, 0.15) is 25.2 Å². The zero-order valence-electron chi connectivity index (χ0n) is 20.7. The smallest absolute Gasteiger partial charge is 0.305 e. The van der Waals surface area contributed by atoms with Crippen molar-refractivity contribution < 1.29 is 38.0 Å². The lowest BCUT2D eigenvalue weighted by atomic mass is 10.1. The molecule has 0 spiro atoms. The molecule has 0 aromatic heterocycles. The molecule has 0 fully saturated rings. The number of rotatable bonds is 24. The number of carbonyl (C=O) groups is 2. The van der Waals surface area contributed by atoms with Gasteiger partial charge in [-0.2, -0.15) is 0 Å². The summed E-state index contributed by atoms with van der Waals surface area (Å²) >= 11 is 0. The molecule has 0 saturated heterocycles. The highest BCUT2D eigenvalue weighted by molar-refractivity contribution is 5.74. The van der Waals surface area contributed by atoms with Crippen LogP contribution >= 0.6 is 0 Å². The van der Waals surface area contributed by atoms with Crippen molar-refractivity contribution in [1.82, 2.24) is 0 Å². The van der Waals surface area contributed by atoms with Crippen molar-refractivity contribution in [2.75, 3.05) is 66.1 Å². The second-order valence-corrected chi connectivity index (χ2v) is 7.72. The maximum absolute atomic E-state index is 11.6. The highest BCUT2D eigenvalue weighted by Crippen LogP contribution is 2.10. The SMILES string of the molecule is CCCCCCCCC(=O)OCCOCCOCCOCCOCCOc1ccc(C=O)cc1. The van der Waals surface area contributed by atoms with Crippen molar-refractivity contribution in [1.29, 1.82) is 0 Å². The molecule has 0 N–H and O–H groups in total. The van der Waals surface area contributed by atoms with Gasteiger partial charge in [0, 0.05) is 12.0 Å². The Morgan fingerprint density at radius 3 is 1.74 bits per heavy atom. The summed E-state index contributed by atoms with van der Waals surface area (Å²) in [7, 11) is 0. The number of carbonyl (C=O) groups excluding carboxylic acids is 2. The number of esters is 1. The molecule has 0 unspecified atom stereocenters. The van der Waals surface area contributed by atoms with Crippen LogP contribution in [0.5, 0.6) is 5.75 Å². The van der Waals surface area contributed by atoms with E-state index >= 15 is 0 Å². The first-order chi connectivity index (χ1) is 16.8. The molecule has 1 aromatic carbocycles. The van der Waals surface area contributed by atoms with Crippen molar-refractivity contribution in [3.63, 3.8) is 0 Å². The Labute approximate surface area is 204 Å². The van der Waals surface area contributed by atoms with Crippen LogP contribution in [0.3, 0.4) is 0 Å². The molecule has 0 atom stereocenters. The number of hydrogen-bond donors (Lipinski definition) is 0. The predicted octanol–water partition coefficient (Wildman–Crippen LogP) is 4.24. The first kappa shape index (κ1) is 30.0.